The van der Waals surface area contributed by atoms with Crippen molar-refractivity contribution >= 4 is 17.3 Å². The van der Waals surface area contributed by atoms with Crippen LogP contribution in [0.3, 0.4) is 0 Å². The molecule has 0 aliphatic carbocycles. The number of nitrogens with one attached hydrogen (secondary N) is 1. The number of benzene rings is 2. The van der Waals surface area contributed by atoms with Gasteiger partial charge in [0.25, 0.3) is 5.91 Å². The summed E-state index contributed by atoms with van der Waals surface area (Å²) in [7, 11) is 0. The van der Waals surface area contributed by atoms with Crippen LogP contribution < -0.4 is 11.1 Å². The van der Waals surface area contributed by atoms with Crippen LogP contribution in [0.4, 0.5) is 11.4 Å². The summed E-state index contributed by atoms with van der Waals surface area (Å²) >= 11 is 0. The molecule has 4 nitrogen and oxygen atoms in total. The van der Waals surface area contributed by atoms with E-state index in [0.717, 1.165) is 31.6 Å². The van der Waals surface area contributed by atoms with E-state index in [-0.39, 0.29) is 5.91 Å². The van der Waals surface area contributed by atoms with Crippen molar-refractivity contribution in [2.24, 2.45) is 0 Å². The molecule has 0 bridgehead atoms. The number of aryl methyl sites for hydroxylation is 1. The number of anilines is 2. The smallest absolute Gasteiger partial charge is 0.255 e. The Bertz CT molecular complexity index is 691. The minimum Gasteiger partial charge on any atom is -0.398 e. The summed E-state index contributed by atoms with van der Waals surface area (Å²) in [6, 6.07) is 16.1. The highest BCUT2D eigenvalue weighted by molar-refractivity contribution is 5.99. The van der Waals surface area contributed by atoms with Crippen LogP contribution in [0.2, 0.25) is 0 Å². The zero-order valence-corrected chi connectivity index (χ0v) is 13.5. The fourth-order valence-electron chi connectivity index (χ4n) is 3.06. The SMILES string of the molecule is Cc1cccc(NC2CCN(C(=O)c3ccccc3N)CC2)c1. The maximum Gasteiger partial charge on any atom is 0.255 e. The molecule has 3 rings (SSSR count). The number of carbonyl (C=O) groups excluding carboxylic acids is 1. The van der Waals surface area contributed by atoms with Crippen molar-refractivity contribution in [3.63, 3.8) is 0 Å². The molecule has 0 unspecified atom stereocenters. The second-order valence-corrected chi connectivity index (χ2v) is 6.17. The monoisotopic (exact) mass is 309 g/mol. The maximum absolute atomic E-state index is 12.6. The lowest BCUT2D eigenvalue weighted by molar-refractivity contribution is 0.0719. The van der Waals surface area contributed by atoms with Gasteiger partial charge < -0.3 is 16.0 Å². The van der Waals surface area contributed by atoms with Gasteiger partial charge in [0, 0.05) is 30.5 Å². The second kappa shape index (κ2) is 6.73. The van der Waals surface area contributed by atoms with Crippen LogP contribution in [0.1, 0.15) is 28.8 Å². The Balaban J connectivity index is 1.58. The van der Waals surface area contributed by atoms with Gasteiger partial charge >= 0.3 is 0 Å². The normalized spacial score (nSPS) is 15.4. The summed E-state index contributed by atoms with van der Waals surface area (Å²) in [5.41, 5.74) is 9.48. The number of rotatable bonds is 3. The molecule has 0 spiro atoms. The predicted octanol–water partition coefficient (Wildman–Crippen LogP) is 3.29. The molecule has 1 aliphatic heterocycles. The van der Waals surface area contributed by atoms with Gasteiger partial charge in [-0.1, -0.05) is 24.3 Å². The Morgan fingerprint density at radius 1 is 1.13 bits per heavy atom. The van der Waals surface area contributed by atoms with E-state index in [1.54, 1.807) is 12.1 Å². The first-order chi connectivity index (χ1) is 11.1. The topological polar surface area (TPSA) is 58.4 Å². The second-order valence-electron chi connectivity index (χ2n) is 6.17. The average molecular weight is 309 g/mol. The summed E-state index contributed by atoms with van der Waals surface area (Å²) in [5, 5.41) is 3.57. The molecule has 0 radical (unpaired) electrons. The van der Waals surface area contributed by atoms with Crippen LogP contribution in [0.5, 0.6) is 0 Å². The molecule has 0 saturated carbocycles. The zero-order valence-electron chi connectivity index (χ0n) is 13.5. The van der Waals surface area contributed by atoms with Gasteiger partial charge in [-0.2, -0.15) is 0 Å². The molecule has 1 fully saturated rings. The van der Waals surface area contributed by atoms with Gasteiger partial charge in [0.15, 0.2) is 0 Å². The van der Waals surface area contributed by atoms with E-state index in [0.29, 0.717) is 17.3 Å². The highest BCUT2D eigenvalue weighted by atomic mass is 16.2. The highest BCUT2D eigenvalue weighted by Crippen LogP contribution is 2.20. The van der Waals surface area contributed by atoms with Crippen LogP contribution >= 0.6 is 0 Å². The third-order valence-corrected chi connectivity index (χ3v) is 4.36. The lowest BCUT2D eigenvalue weighted by Gasteiger charge is -2.33. The minimum absolute atomic E-state index is 0.0390. The molecule has 0 aromatic heterocycles. The number of nitrogens with two attached hydrogens (primary N) is 1. The molecule has 0 atom stereocenters. The molecule has 1 saturated heterocycles. The quantitative estimate of drug-likeness (QED) is 0.855. The fraction of sp³-hybridized carbons (Fsp3) is 0.316. The van der Waals surface area contributed by atoms with E-state index in [1.807, 2.05) is 17.0 Å². The van der Waals surface area contributed by atoms with Crippen molar-refractivity contribution < 1.29 is 4.79 Å². The highest BCUT2D eigenvalue weighted by Gasteiger charge is 2.24. The van der Waals surface area contributed by atoms with E-state index in [2.05, 4.69) is 36.5 Å². The third kappa shape index (κ3) is 3.65. The van der Waals surface area contributed by atoms with Crippen molar-refractivity contribution in [3.8, 4) is 0 Å². The van der Waals surface area contributed by atoms with Gasteiger partial charge in [-0.3, -0.25) is 4.79 Å². The first-order valence-electron chi connectivity index (χ1n) is 8.10. The van der Waals surface area contributed by atoms with Gasteiger partial charge in [0.05, 0.1) is 5.56 Å². The molecule has 23 heavy (non-hydrogen) atoms. The van der Waals surface area contributed by atoms with Gasteiger partial charge in [0.1, 0.15) is 0 Å². The number of piperidine rings is 1. The number of nitrogen functional groups attached to an aromatic ring is 1. The zero-order chi connectivity index (χ0) is 16.2. The largest absolute Gasteiger partial charge is 0.398 e. The van der Waals surface area contributed by atoms with E-state index < -0.39 is 0 Å². The summed E-state index contributed by atoms with van der Waals surface area (Å²) < 4.78 is 0. The average Bonchev–Trinajstić information content (AvgIpc) is 2.55. The Hall–Kier alpha value is -2.49. The number of carbonyl (C=O) groups is 1. The molecule has 1 aliphatic rings. The van der Waals surface area contributed by atoms with Crippen molar-refractivity contribution in [3.05, 3.63) is 59.7 Å². The Morgan fingerprint density at radius 2 is 1.87 bits per heavy atom. The predicted molar refractivity (Wildman–Crippen MR) is 94.6 cm³/mol. The van der Waals surface area contributed by atoms with Crippen molar-refractivity contribution in [2.45, 2.75) is 25.8 Å². The standard InChI is InChI=1S/C19H23N3O/c1-14-5-4-6-16(13-14)21-15-9-11-22(12-10-15)19(23)17-7-2-3-8-18(17)20/h2-8,13,15,21H,9-12,20H2,1H3. The van der Waals surface area contributed by atoms with Crippen LogP contribution in [-0.2, 0) is 0 Å². The number of para-hydroxylation sites is 1. The lowest BCUT2D eigenvalue weighted by atomic mass is 10.0. The number of nitrogens with zero attached hydrogens (tertiary/aromatic N) is 1. The Labute approximate surface area is 137 Å². The molecule has 4 heteroatoms. The van der Waals surface area contributed by atoms with Gasteiger partial charge in [-0.15, -0.1) is 0 Å². The van der Waals surface area contributed by atoms with E-state index >= 15 is 0 Å². The van der Waals surface area contributed by atoms with E-state index in [9.17, 15) is 4.79 Å². The van der Waals surface area contributed by atoms with Crippen LogP contribution in [0, 0.1) is 6.92 Å². The summed E-state index contributed by atoms with van der Waals surface area (Å²) in [5.74, 6) is 0.0390. The van der Waals surface area contributed by atoms with Crippen LogP contribution in [0.25, 0.3) is 0 Å². The van der Waals surface area contributed by atoms with Crippen molar-refractivity contribution in [2.75, 3.05) is 24.1 Å². The molecule has 2 aromatic rings. The van der Waals surface area contributed by atoms with E-state index in [4.69, 9.17) is 5.73 Å². The summed E-state index contributed by atoms with van der Waals surface area (Å²) in [6.45, 7) is 3.62. The molecule has 2 aromatic carbocycles. The molecule has 1 heterocycles. The minimum atomic E-state index is 0.0390. The molecule has 120 valence electrons. The van der Waals surface area contributed by atoms with Crippen molar-refractivity contribution in [1.82, 2.24) is 4.90 Å². The summed E-state index contributed by atoms with van der Waals surface area (Å²) in [4.78, 5) is 14.5. The van der Waals surface area contributed by atoms with Crippen LogP contribution in [-0.4, -0.2) is 29.9 Å². The number of hydrogen-bond donors (Lipinski definition) is 2. The Kier molecular flexibility index (Phi) is 4.51. The first-order valence-corrected chi connectivity index (χ1v) is 8.10. The van der Waals surface area contributed by atoms with E-state index in [1.165, 1.54) is 5.56 Å². The molecule has 3 N–H and O–H groups in total. The fourth-order valence-corrected chi connectivity index (χ4v) is 3.06. The Morgan fingerprint density at radius 3 is 2.57 bits per heavy atom. The molecular formula is C19H23N3O. The van der Waals surface area contributed by atoms with Crippen molar-refractivity contribution in [1.29, 1.82) is 0 Å². The molecular weight excluding hydrogens is 286 g/mol. The number of hydrogen-bond acceptors (Lipinski definition) is 3. The van der Waals surface area contributed by atoms with Crippen LogP contribution in [0.15, 0.2) is 48.5 Å². The maximum atomic E-state index is 12.6. The number of amides is 1. The van der Waals surface area contributed by atoms with Gasteiger partial charge in [0.2, 0.25) is 0 Å². The first kappa shape index (κ1) is 15.4. The number of likely N-dealkylation sites (tertiary alicyclic amines) is 1. The van der Waals surface area contributed by atoms with Gasteiger partial charge in [-0.25, -0.2) is 0 Å². The summed E-state index contributed by atoms with van der Waals surface area (Å²) in [6.07, 6.45) is 1.90. The molecule has 1 amide bonds. The lowest BCUT2D eigenvalue weighted by Crippen LogP contribution is -2.42. The van der Waals surface area contributed by atoms with Gasteiger partial charge in [-0.05, 0) is 49.6 Å². The third-order valence-electron chi connectivity index (χ3n) is 4.36.